The number of anilines is 1. The van der Waals surface area contributed by atoms with Crippen molar-refractivity contribution < 1.29 is 22.1 Å². The third-order valence-corrected chi connectivity index (χ3v) is 5.40. The predicted molar refractivity (Wildman–Crippen MR) is 117 cm³/mol. The maximum Gasteiger partial charge on any atom is 0.406 e. The van der Waals surface area contributed by atoms with Gasteiger partial charge in [0, 0.05) is 24.9 Å². The molecule has 0 radical (unpaired) electrons. The van der Waals surface area contributed by atoms with Crippen LogP contribution in [0.2, 0.25) is 0 Å². The van der Waals surface area contributed by atoms with Crippen LogP contribution in [-0.4, -0.2) is 56.1 Å². The predicted octanol–water partition coefficient (Wildman–Crippen LogP) is 3.99. The molecule has 0 spiro atoms. The second-order valence-corrected chi connectivity index (χ2v) is 7.80. The molecule has 13 heteroatoms. The molecule has 0 bridgehead atoms. The molecule has 1 atom stereocenters. The molecule has 1 aliphatic heterocycles. The number of benzene rings is 1. The van der Waals surface area contributed by atoms with E-state index in [2.05, 4.69) is 36.0 Å². The summed E-state index contributed by atoms with van der Waals surface area (Å²) in [5, 5.41) is 16.8. The summed E-state index contributed by atoms with van der Waals surface area (Å²) in [7, 11) is 0. The van der Waals surface area contributed by atoms with Gasteiger partial charge in [-0.3, -0.25) is 10.1 Å². The maximum absolute atomic E-state index is 14.3. The van der Waals surface area contributed by atoms with Gasteiger partial charge in [0.25, 0.3) is 0 Å². The molecule has 34 heavy (non-hydrogen) atoms. The highest BCUT2D eigenvalue weighted by atomic mass is 19.4. The lowest BCUT2D eigenvalue weighted by Gasteiger charge is -2.18. The van der Waals surface area contributed by atoms with Crippen molar-refractivity contribution in [2.45, 2.75) is 31.9 Å². The Balaban J connectivity index is 1.54. The van der Waals surface area contributed by atoms with E-state index in [0.29, 0.717) is 41.1 Å². The van der Waals surface area contributed by atoms with Crippen molar-refractivity contribution in [2.75, 3.05) is 18.4 Å². The minimum Gasteiger partial charge on any atom is -0.361 e. The lowest BCUT2D eigenvalue weighted by Crippen LogP contribution is -2.38. The van der Waals surface area contributed by atoms with E-state index in [1.807, 2.05) is 0 Å². The average molecular weight is 476 g/mol. The van der Waals surface area contributed by atoms with Crippen LogP contribution < -0.4 is 10.6 Å². The number of aromatic nitrogens is 5. The summed E-state index contributed by atoms with van der Waals surface area (Å²) >= 11 is 0. The molecular weight excluding hydrogens is 456 g/mol. The highest BCUT2D eigenvalue weighted by molar-refractivity contribution is 5.99. The molecular formula is C21H20F4N8O. The zero-order chi connectivity index (χ0) is 23.7. The highest BCUT2D eigenvalue weighted by Gasteiger charge is 2.31. The van der Waals surface area contributed by atoms with Gasteiger partial charge in [-0.05, 0) is 24.3 Å². The Kier molecular flexibility index (Phi) is 5.77. The lowest BCUT2D eigenvalue weighted by atomic mass is 10.1. The van der Waals surface area contributed by atoms with Gasteiger partial charge in [-0.15, -0.1) is 0 Å². The minimum atomic E-state index is -4.49. The first-order valence-electron chi connectivity index (χ1n) is 10.5. The van der Waals surface area contributed by atoms with Crippen molar-refractivity contribution in [3.05, 3.63) is 42.4 Å². The third-order valence-electron chi connectivity index (χ3n) is 5.40. The van der Waals surface area contributed by atoms with Crippen molar-refractivity contribution in [3.8, 4) is 11.5 Å². The fourth-order valence-corrected chi connectivity index (χ4v) is 3.86. The van der Waals surface area contributed by atoms with Crippen molar-refractivity contribution in [1.82, 2.24) is 30.2 Å². The molecule has 1 fully saturated rings. The van der Waals surface area contributed by atoms with Crippen LogP contribution in [0.3, 0.4) is 0 Å². The lowest BCUT2D eigenvalue weighted by molar-refractivity contribution is -0.139. The maximum atomic E-state index is 14.3. The Bertz CT molecular complexity index is 1310. The van der Waals surface area contributed by atoms with Crippen molar-refractivity contribution >= 4 is 28.1 Å². The van der Waals surface area contributed by atoms with E-state index in [1.54, 1.807) is 30.5 Å². The van der Waals surface area contributed by atoms with Crippen LogP contribution in [0.1, 0.15) is 12.3 Å². The third kappa shape index (κ3) is 4.64. The highest BCUT2D eigenvalue weighted by Crippen LogP contribution is 2.35. The normalized spacial score (nSPS) is 18.1. The van der Waals surface area contributed by atoms with Crippen LogP contribution in [0.5, 0.6) is 0 Å². The number of alkyl halides is 4. The molecule has 1 aliphatic rings. The number of nitrogens with zero attached hydrogens (tertiary/aromatic N) is 5. The number of hydrogen-bond acceptors (Lipinski definition) is 7. The summed E-state index contributed by atoms with van der Waals surface area (Å²) in [6.45, 7) is -0.349. The molecule has 9 nitrogen and oxygen atoms in total. The number of fused-ring (bicyclic) bond motifs is 1. The SMILES string of the molecule is F[C@H]1CNCCC1=Nc1cccc2c1cc(-c1noc(CNc3ccn[nH]3)n1)n2CC(F)(F)F. The van der Waals surface area contributed by atoms with Gasteiger partial charge in [0.1, 0.15) is 12.4 Å². The Hall–Kier alpha value is -3.74. The standard InChI is InChI=1S/C21H20F4N8O/c22-13-9-26-6-4-15(13)29-14-2-1-3-16-12(14)8-17(33(16)11-21(23,24)25)20-30-19(34-32-20)10-27-18-5-7-28-31-18/h1-3,5,7-8,13,26H,4,6,9-11H2,(H2,27,28,31)/t13-/m0/s1. The Morgan fingerprint density at radius 2 is 2.15 bits per heavy atom. The monoisotopic (exact) mass is 476 g/mol. The van der Waals surface area contributed by atoms with E-state index in [0.717, 1.165) is 4.57 Å². The van der Waals surface area contributed by atoms with E-state index >= 15 is 0 Å². The summed E-state index contributed by atoms with van der Waals surface area (Å²) in [5.74, 6) is 0.813. The average Bonchev–Trinajstić information content (AvgIpc) is 3.54. The molecule has 3 aromatic heterocycles. The van der Waals surface area contributed by atoms with Gasteiger partial charge < -0.3 is 19.7 Å². The van der Waals surface area contributed by atoms with E-state index in [1.165, 1.54) is 6.07 Å². The van der Waals surface area contributed by atoms with Crippen molar-refractivity contribution in [3.63, 3.8) is 0 Å². The van der Waals surface area contributed by atoms with Gasteiger partial charge in [0.15, 0.2) is 6.17 Å². The quantitative estimate of drug-likeness (QED) is 0.363. The number of aromatic amines is 1. The first-order valence-corrected chi connectivity index (χ1v) is 10.5. The van der Waals surface area contributed by atoms with E-state index < -0.39 is 18.9 Å². The van der Waals surface area contributed by atoms with E-state index in [9.17, 15) is 17.6 Å². The fraction of sp³-hybridized carbons (Fsp3) is 0.333. The van der Waals surface area contributed by atoms with Gasteiger partial charge in [-0.1, -0.05) is 11.2 Å². The second kappa shape index (κ2) is 8.89. The molecule has 1 saturated heterocycles. The molecule has 4 aromatic rings. The second-order valence-electron chi connectivity index (χ2n) is 7.80. The molecule has 178 valence electrons. The zero-order valence-corrected chi connectivity index (χ0v) is 17.7. The fourth-order valence-electron chi connectivity index (χ4n) is 3.86. The topological polar surface area (TPSA) is 109 Å². The number of piperidine rings is 1. The molecule has 0 amide bonds. The number of H-pyrrole nitrogens is 1. The molecule has 4 heterocycles. The minimum absolute atomic E-state index is 0.00528. The van der Waals surface area contributed by atoms with Gasteiger partial charge in [0.2, 0.25) is 11.7 Å². The number of rotatable bonds is 6. The first-order chi connectivity index (χ1) is 16.4. The Morgan fingerprint density at radius 1 is 1.26 bits per heavy atom. The van der Waals surface area contributed by atoms with Crippen LogP contribution in [0.25, 0.3) is 22.4 Å². The van der Waals surface area contributed by atoms with Gasteiger partial charge in [0.05, 0.1) is 35.4 Å². The van der Waals surface area contributed by atoms with Gasteiger partial charge >= 0.3 is 6.18 Å². The molecule has 3 N–H and O–H groups in total. The van der Waals surface area contributed by atoms with Crippen molar-refractivity contribution in [1.29, 1.82) is 0 Å². The van der Waals surface area contributed by atoms with Crippen LogP contribution in [0, 0.1) is 0 Å². The molecule has 5 rings (SSSR count). The molecule has 1 aromatic carbocycles. The van der Waals surface area contributed by atoms with Gasteiger partial charge in [-0.25, -0.2) is 4.39 Å². The van der Waals surface area contributed by atoms with E-state index in [4.69, 9.17) is 4.52 Å². The largest absolute Gasteiger partial charge is 0.406 e. The van der Waals surface area contributed by atoms with Crippen LogP contribution in [-0.2, 0) is 13.1 Å². The van der Waals surface area contributed by atoms with Crippen LogP contribution in [0.4, 0.5) is 29.1 Å². The summed E-state index contributed by atoms with van der Waals surface area (Å²) in [4.78, 5) is 8.71. The van der Waals surface area contributed by atoms with Crippen LogP contribution in [0.15, 0.2) is 46.0 Å². The Morgan fingerprint density at radius 3 is 2.91 bits per heavy atom. The number of nitrogens with one attached hydrogen (secondary N) is 3. The number of hydrogen-bond donors (Lipinski definition) is 3. The molecule has 0 unspecified atom stereocenters. The number of aliphatic imine (C=N–C) groups is 1. The van der Waals surface area contributed by atoms with Crippen LogP contribution >= 0.6 is 0 Å². The number of halogens is 4. The summed E-state index contributed by atoms with van der Waals surface area (Å²) in [6, 6.07) is 8.05. The Labute approximate surface area is 190 Å². The zero-order valence-electron chi connectivity index (χ0n) is 17.7. The molecule has 0 saturated carbocycles. The van der Waals surface area contributed by atoms with Crippen molar-refractivity contribution in [2.24, 2.45) is 4.99 Å². The first kappa shape index (κ1) is 22.1. The molecule has 0 aliphatic carbocycles. The van der Waals surface area contributed by atoms with Gasteiger partial charge in [-0.2, -0.15) is 23.3 Å². The summed E-state index contributed by atoms with van der Waals surface area (Å²) in [5.41, 5.74) is 1.17. The summed E-state index contributed by atoms with van der Waals surface area (Å²) in [6.07, 6.45) is -3.75. The summed E-state index contributed by atoms with van der Waals surface area (Å²) < 4.78 is 61.0. The van der Waals surface area contributed by atoms with E-state index in [-0.39, 0.29) is 30.5 Å². The smallest absolute Gasteiger partial charge is 0.361 e.